The molecule has 1 amide bonds. The number of hydrogen-bond acceptors (Lipinski definition) is 5. The van der Waals surface area contributed by atoms with E-state index in [9.17, 15) is 23.1 Å². The van der Waals surface area contributed by atoms with Gasteiger partial charge in [0.2, 0.25) is 0 Å². The van der Waals surface area contributed by atoms with Gasteiger partial charge in [0.15, 0.2) is 5.03 Å². The van der Waals surface area contributed by atoms with Gasteiger partial charge < -0.3 is 10.4 Å². The fraction of sp³-hybridized carbons (Fsp3) is 0.316. The van der Waals surface area contributed by atoms with E-state index < -0.39 is 21.9 Å². The zero-order valence-corrected chi connectivity index (χ0v) is 18.5. The number of anilines is 1. The maximum absolute atomic E-state index is 12.7. The van der Waals surface area contributed by atoms with Crippen molar-refractivity contribution in [1.29, 1.82) is 0 Å². The van der Waals surface area contributed by atoms with E-state index in [1.807, 2.05) is 13.8 Å². The number of benzene rings is 1. The minimum absolute atomic E-state index is 0.0744. The first kappa shape index (κ1) is 23.0. The third-order valence-corrected chi connectivity index (χ3v) is 6.32. The van der Waals surface area contributed by atoms with Crippen molar-refractivity contribution >= 4 is 43.5 Å². The highest BCUT2D eigenvalue weighted by molar-refractivity contribution is 9.10. The van der Waals surface area contributed by atoms with Crippen LogP contribution in [0.4, 0.5) is 5.69 Å². The van der Waals surface area contributed by atoms with E-state index in [1.165, 1.54) is 28.6 Å². The fourth-order valence-corrected chi connectivity index (χ4v) is 4.54. The highest BCUT2D eigenvalue weighted by Gasteiger charge is 2.25. The van der Waals surface area contributed by atoms with Crippen LogP contribution < -0.4 is 5.32 Å². The maximum Gasteiger partial charge on any atom is 0.337 e. The van der Waals surface area contributed by atoms with Crippen LogP contribution in [-0.4, -0.2) is 47.8 Å². The Labute approximate surface area is 178 Å². The van der Waals surface area contributed by atoms with Crippen molar-refractivity contribution in [2.75, 3.05) is 18.4 Å². The molecular formula is C19H22BrN3O5S. The molecule has 0 aliphatic rings. The molecule has 29 heavy (non-hydrogen) atoms. The average Bonchev–Trinajstić information content (AvgIpc) is 2.69. The largest absolute Gasteiger partial charge is 0.478 e. The van der Waals surface area contributed by atoms with Crippen molar-refractivity contribution in [3.05, 3.63) is 52.1 Å². The number of carbonyl (C=O) groups excluding carboxylic acids is 1. The van der Waals surface area contributed by atoms with E-state index >= 15 is 0 Å². The lowest BCUT2D eigenvalue weighted by atomic mass is 10.1. The molecular weight excluding hydrogens is 462 g/mol. The first-order valence-electron chi connectivity index (χ1n) is 9.01. The summed E-state index contributed by atoms with van der Waals surface area (Å²) < 4.78 is 27.4. The Morgan fingerprint density at radius 3 is 2.31 bits per heavy atom. The molecule has 1 aromatic heterocycles. The van der Waals surface area contributed by atoms with Crippen LogP contribution >= 0.6 is 15.9 Å². The van der Waals surface area contributed by atoms with E-state index in [0.717, 1.165) is 6.20 Å². The summed E-state index contributed by atoms with van der Waals surface area (Å²) in [7, 11) is -3.74. The van der Waals surface area contributed by atoms with Gasteiger partial charge in [-0.2, -0.15) is 4.31 Å². The monoisotopic (exact) mass is 483 g/mol. The smallest absolute Gasteiger partial charge is 0.337 e. The minimum Gasteiger partial charge on any atom is -0.478 e. The van der Waals surface area contributed by atoms with Crippen LogP contribution in [0.25, 0.3) is 0 Å². The van der Waals surface area contributed by atoms with E-state index in [2.05, 4.69) is 26.2 Å². The third kappa shape index (κ3) is 5.62. The molecule has 0 atom stereocenters. The highest BCUT2D eigenvalue weighted by atomic mass is 79.9. The number of amides is 1. The van der Waals surface area contributed by atoms with Crippen molar-refractivity contribution in [3.8, 4) is 0 Å². The van der Waals surface area contributed by atoms with E-state index in [4.69, 9.17) is 0 Å². The number of sulfonamides is 1. The van der Waals surface area contributed by atoms with Crippen LogP contribution in [0, 0.1) is 0 Å². The Morgan fingerprint density at radius 1 is 1.14 bits per heavy atom. The van der Waals surface area contributed by atoms with Gasteiger partial charge in [-0.05, 0) is 43.2 Å². The predicted octanol–water partition coefficient (Wildman–Crippen LogP) is 3.61. The molecule has 0 spiro atoms. The Morgan fingerprint density at radius 2 is 1.79 bits per heavy atom. The van der Waals surface area contributed by atoms with Crippen molar-refractivity contribution in [3.63, 3.8) is 0 Å². The molecule has 0 radical (unpaired) electrons. The Hall–Kier alpha value is -2.30. The number of halogens is 1. The molecule has 8 nitrogen and oxygen atoms in total. The highest BCUT2D eigenvalue weighted by Crippen LogP contribution is 2.22. The first-order chi connectivity index (χ1) is 13.7. The van der Waals surface area contributed by atoms with Gasteiger partial charge >= 0.3 is 5.97 Å². The zero-order chi connectivity index (χ0) is 21.6. The summed E-state index contributed by atoms with van der Waals surface area (Å²) >= 11 is 3.19. The van der Waals surface area contributed by atoms with Gasteiger partial charge in [-0.1, -0.05) is 29.8 Å². The van der Waals surface area contributed by atoms with Crippen LogP contribution in [-0.2, 0) is 10.0 Å². The van der Waals surface area contributed by atoms with Crippen LogP contribution in [0.15, 0.2) is 46.0 Å². The van der Waals surface area contributed by atoms with Gasteiger partial charge in [-0.15, -0.1) is 0 Å². The molecule has 1 aromatic carbocycles. The molecule has 1 heterocycles. The number of rotatable bonds is 9. The summed E-state index contributed by atoms with van der Waals surface area (Å²) in [4.78, 5) is 27.8. The normalized spacial score (nSPS) is 11.4. The van der Waals surface area contributed by atoms with Crippen LogP contribution in [0.2, 0.25) is 0 Å². The van der Waals surface area contributed by atoms with Gasteiger partial charge in [0.05, 0.1) is 16.8 Å². The molecule has 2 N–H and O–H groups in total. The molecule has 0 saturated heterocycles. The summed E-state index contributed by atoms with van der Waals surface area (Å²) in [5.41, 5.74) is 0.162. The molecule has 0 unspecified atom stereocenters. The minimum atomic E-state index is -3.74. The lowest BCUT2D eigenvalue weighted by molar-refractivity contribution is 0.0698. The van der Waals surface area contributed by atoms with E-state index in [1.54, 1.807) is 6.07 Å². The van der Waals surface area contributed by atoms with Crippen molar-refractivity contribution in [1.82, 2.24) is 9.29 Å². The van der Waals surface area contributed by atoms with Gasteiger partial charge in [-0.3, -0.25) is 4.79 Å². The van der Waals surface area contributed by atoms with Crippen molar-refractivity contribution < 1.29 is 23.1 Å². The number of hydrogen-bond donors (Lipinski definition) is 2. The molecule has 0 bridgehead atoms. The predicted molar refractivity (Wildman–Crippen MR) is 113 cm³/mol. The summed E-state index contributed by atoms with van der Waals surface area (Å²) in [6.45, 7) is 4.57. The number of aromatic carboxylic acids is 1. The number of carboxylic acids is 1. The second kappa shape index (κ2) is 9.95. The summed E-state index contributed by atoms with van der Waals surface area (Å²) in [5, 5.41) is 11.7. The molecule has 2 aromatic rings. The van der Waals surface area contributed by atoms with Crippen molar-refractivity contribution in [2.24, 2.45) is 0 Å². The van der Waals surface area contributed by atoms with Gasteiger partial charge in [-0.25, -0.2) is 18.2 Å². The number of carboxylic acid groups (broad SMARTS) is 1. The topological polar surface area (TPSA) is 117 Å². The molecule has 0 aliphatic heterocycles. The number of pyridine rings is 1. The second-order valence-electron chi connectivity index (χ2n) is 6.24. The molecule has 2 rings (SSSR count). The van der Waals surface area contributed by atoms with Crippen LogP contribution in [0.3, 0.4) is 0 Å². The maximum atomic E-state index is 12.7. The summed E-state index contributed by atoms with van der Waals surface area (Å²) in [6, 6.07) is 7.08. The molecule has 156 valence electrons. The molecule has 0 aliphatic carbocycles. The Balaban J connectivity index is 2.24. The average molecular weight is 484 g/mol. The summed E-state index contributed by atoms with van der Waals surface area (Å²) in [6.07, 6.45) is 2.52. The molecule has 0 saturated carbocycles. The van der Waals surface area contributed by atoms with Gasteiger partial charge in [0.25, 0.3) is 15.9 Å². The molecule has 10 heteroatoms. The Kier molecular flexibility index (Phi) is 7.88. The SMILES string of the molecule is CCCN(CCC)S(=O)(=O)c1ccc(C(=O)Nc2ccc(Br)cc2C(=O)O)cn1. The van der Waals surface area contributed by atoms with Crippen LogP contribution in [0.1, 0.15) is 47.4 Å². The first-order valence-corrected chi connectivity index (χ1v) is 11.2. The van der Waals surface area contributed by atoms with Crippen LogP contribution in [0.5, 0.6) is 0 Å². The van der Waals surface area contributed by atoms with Crippen molar-refractivity contribution in [2.45, 2.75) is 31.7 Å². The number of carbonyl (C=O) groups is 2. The standard InChI is InChI=1S/C19H22BrN3O5S/c1-3-9-23(10-4-2)29(27,28)17-8-5-13(12-21-17)18(24)22-16-7-6-14(20)11-15(16)19(25)26/h5-8,11-12H,3-4,9-10H2,1-2H3,(H,22,24)(H,25,26). The zero-order valence-electron chi connectivity index (χ0n) is 16.1. The summed E-state index contributed by atoms with van der Waals surface area (Å²) in [5.74, 6) is -1.78. The third-order valence-electron chi connectivity index (χ3n) is 4.01. The quantitative estimate of drug-likeness (QED) is 0.562. The lowest BCUT2D eigenvalue weighted by Crippen LogP contribution is -2.33. The lowest BCUT2D eigenvalue weighted by Gasteiger charge is -2.20. The number of nitrogens with one attached hydrogen (secondary N) is 1. The van der Waals surface area contributed by atoms with Gasteiger partial charge in [0, 0.05) is 23.8 Å². The van der Waals surface area contributed by atoms with Gasteiger partial charge in [0.1, 0.15) is 0 Å². The number of nitrogens with zero attached hydrogens (tertiary/aromatic N) is 2. The number of aromatic nitrogens is 1. The van der Waals surface area contributed by atoms with E-state index in [0.29, 0.717) is 30.4 Å². The van der Waals surface area contributed by atoms with E-state index in [-0.39, 0.29) is 21.8 Å². The Bertz CT molecular complexity index is 987. The second-order valence-corrected chi connectivity index (χ2v) is 9.04. The fourth-order valence-electron chi connectivity index (χ4n) is 2.65. The molecule has 0 fully saturated rings.